The van der Waals surface area contributed by atoms with E-state index in [4.69, 9.17) is 4.74 Å². The van der Waals surface area contributed by atoms with Gasteiger partial charge >= 0.3 is 0 Å². The molecule has 3 aliphatic carbocycles. The van der Waals surface area contributed by atoms with Crippen LogP contribution in [0.15, 0.2) is 0 Å². The first-order valence-electron chi connectivity index (χ1n) is 8.42. The van der Waals surface area contributed by atoms with Crippen molar-refractivity contribution >= 4 is 12.4 Å². The lowest BCUT2D eigenvalue weighted by Crippen LogP contribution is -2.51. The number of ether oxygens (including phenoxy) is 1. The van der Waals surface area contributed by atoms with E-state index in [0.29, 0.717) is 6.04 Å². The van der Waals surface area contributed by atoms with Crippen molar-refractivity contribution in [3.63, 3.8) is 0 Å². The molecule has 4 fully saturated rings. The number of halogens is 1. The lowest BCUT2D eigenvalue weighted by Gasteiger charge is -2.33. The third kappa shape index (κ3) is 3.01. The van der Waals surface area contributed by atoms with Crippen LogP contribution < -0.4 is 10.6 Å². The summed E-state index contributed by atoms with van der Waals surface area (Å²) in [5.74, 6) is 1.88. The Labute approximate surface area is 129 Å². The van der Waals surface area contributed by atoms with Crippen LogP contribution in [0.5, 0.6) is 0 Å². The standard InChI is InChI=1S/C16H28N2O.ClH/c1-2-13(15-10-19-9-8-17-15)14(3-1)18-11-16(6-7-16)12-4-5-12;/h12-15,17-18H,1-11H2;1H. The van der Waals surface area contributed by atoms with Crippen LogP contribution in [0, 0.1) is 17.3 Å². The summed E-state index contributed by atoms with van der Waals surface area (Å²) in [5, 5.41) is 7.63. The quantitative estimate of drug-likeness (QED) is 0.818. The molecule has 20 heavy (non-hydrogen) atoms. The molecule has 1 heterocycles. The van der Waals surface area contributed by atoms with E-state index in [1.165, 1.54) is 51.5 Å². The molecule has 0 bridgehead atoms. The topological polar surface area (TPSA) is 33.3 Å². The van der Waals surface area contributed by atoms with Gasteiger partial charge < -0.3 is 15.4 Å². The number of nitrogens with one attached hydrogen (secondary N) is 2. The van der Waals surface area contributed by atoms with Crippen molar-refractivity contribution in [3.05, 3.63) is 0 Å². The average molecular weight is 301 g/mol. The minimum atomic E-state index is 0. The van der Waals surface area contributed by atoms with Crippen molar-refractivity contribution < 1.29 is 4.74 Å². The van der Waals surface area contributed by atoms with Crippen LogP contribution in [-0.2, 0) is 4.74 Å². The summed E-state index contributed by atoms with van der Waals surface area (Å²) >= 11 is 0. The van der Waals surface area contributed by atoms with Crippen LogP contribution in [0.3, 0.4) is 0 Å². The molecule has 4 heteroatoms. The molecule has 0 aromatic rings. The van der Waals surface area contributed by atoms with Gasteiger partial charge in [-0.25, -0.2) is 0 Å². The molecule has 0 aromatic heterocycles. The van der Waals surface area contributed by atoms with E-state index in [1.54, 1.807) is 0 Å². The van der Waals surface area contributed by atoms with E-state index in [1.807, 2.05) is 0 Å². The molecular formula is C16H29ClN2O. The van der Waals surface area contributed by atoms with Crippen molar-refractivity contribution in [2.45, 2.75) is 57.0 Å². The molecule has 1 saturated heterocycles. The highest BCUT2D eigenvalue weighted by Gasteiger charge is 2.53. The van der Waals surface area contributed by atoms with E-state index < -0.39 is 0 Å². The van der Waals surface area contributed by atoms with Crippen LogP contribution >= 0.6 is 12.4 Å². The first-order valence-corrected chi connectivity index (χ1v) is 8.42. The van der Waals surface area contributed by atoms with Crippen molar-refractivity contribution in [2.24, 2.45) is 17.3 Å². The van der Waals surface area contributed by atoms with Gasteiger partial charge in [0.15, 0.2) is 0 Å². The first kappa shape index (κ1) is 15.1. The summed E-state index contributed by atoms with van der Waals surface area (Å²) in [6, 6.07) is 1.35. The molecule has 3 nitrogen and oxygen atoms in total. The summed E-state index contributed by atoms with van der Waals surface area (Å²) in [7, 11) is 0. The monoisotopic (exact) mass is 300 g/mol. The minimum Gasteiger partial charge on any atom is -0.379 e. The van der Waals surface area contributed by atoms with Gasteiger partial charge in [0.05, 0.1) is 13.2 Å². The molecule has 116 valence electrons. The first-order chi connectivity index (χ1) is 9.37. The summed E-state index contributed by atoms with van der Waals surface area (Å²) in [6.07, 6.45) is 10.2. The zero-order valence-electron chi connectivity index (χ0n) is 12.4. The van der Waals surface area contributed by atoms with E-state index in [0.717, 1.165) is 43.1 Å². The Morgan fingerprint density at radius 1 is 1.15 bits per heavy atom. The fraction of sp³-hybridized carbons (Fsp3) is 1.00. The zero-order valence-corrected chi connectivity index (χ0v) is 13.2. The van der Waals surface area contributed by atoms with Crippen LogP contribution in [-0.4, -0.2) is 38.4 Å². The van der Waals surface area contributed by atoms with Gasteiger partial charge in [0.25, 0.3) is 0 Å². The highest BCUT2D eigenvalue weighted by atomic mass is 35.5. The molecule has 1 aliphatic heterocycles. The molecule has 3 atom stereocenters. The van der Waals surface area contributed by atoms with Crippen LogP contribution in [0.1, 0.15) is 44.9 Å². The molecule has 3 saturated carbocycles. The Bertz CT molecular complexity index is 324. The van der Waals surface area contributed by atoms with Gasteiger partial charge in [-0.15, -0.1) is 12.4 Å². The Morgan fingerprint density at radius 2 is 2.00 bits per heavy atom. The molecule has 3 unspecified atom stereocenters. The number of morpholine rings is 1. The molecule has 2 N–H and O–H groups in total. The summed E-state index contributed by atoms with van der Waals surface area (Å²) in [6.45, 7) is 4.16. The number of rotatable bonds is 5. The largest absolute Gasteiger partial charge is 0.379 e. The summed E-state index contributed by atoms with van der Waals surface area (Å²) < 4.78 is 5.66. The Hall–Kier alpha value is 0.170. The van der Waals surface area contributed by atoms with Gasteiger partial charge in [-0.1, -0.05) is 6.42 Å². The van der Waals surface area contributed by atoms with Gasteiger partial charge in [-0.3, -0.25) is 0 Å². The fourth-order valence-electron chi connectivity index (χ4n) is 4.50. The smallest absolute Gasteiger partial charge is 0.0623 e. The van der Waals surface area contributed by atoms with Gasteiger partial charge in [0.2, 0.25) is 0 Å². The van der Waals surface area contributed by atoms with Crippen LogP contribution in [0.4, 0.5) is 0 Å². The maximum atomic E-state index is 5.66. The second kappa shape index (κ2) is 6.12. The van der Waals surface area contributed by atoms with E-state index in [-0.39, 0.29) is 12.4 Å². The normalized spacial score (nSPS) is 39.3. The van der Waals surface area contributed by atoms with E-state index in [2.05, 4.69) is 10.6 Å². The maximum absolute atomic E-state index is 5.66. The molecule has 4 aliphatic rings. The van der Waals surface area contributed by atoms with Gasteiger partial charge in [0, 0.05) is 25.2 Å². The van der Waals surface area contributed by atoms with Gasteiger partial charge in [-0.2, -0.15) is 0 Å². The minimum absolute atomic E-state index is 0. The summed E-state index contributed by atoms with van der Waals surface area (Å²) in [4.78, 5) is 0. The van der Waals surface area contributed by atoms with Crippen molar-refractivity contribution in [1.29, 1.82) is 0 Å². The molecule has 0 radical (unpaired) electrons. The zero-order chi connectivity index (χ0) is 12.7. The molecule has 0 spiro atoms. The van der Waals surface area contributed by atoms with E-state index >= 15 is 0 Å². The Kier molecular flexibility index (Phi) is 4.61. The second-order valence-electron chi connectivity index (χ2n) is 7.35. The highest BCUT2D eigenvalue weighted by Crippen LogP contribution is 2.61. The highest BCUT2D eigenvalue weighted by molar-refractivity contribution is 5.85. The third-order valence-electron chi connectivity index (χ3n) is 6.09. The lowest BCUT2D eigenvalue weighted by atomic mass is 9.92. The molecule has 4 rings (SSSR count). The SMILES string of the molecule is C1CC(NCC2(C3CC3)CC2)C(C2COCCN2)C1.Cl. The van der Waals surface area contributed by atoms with Gasteiger partial charge in [-0.05, 0) is 55.8 Å². The summed E-state index contributed by atoms with van der Waals surface area (Å²) in [5.41, 5.74) is 0.740. The van der Waals surface area contributed by atoms with Crippen LogP contribution in [0.2, 0.25) is 0 Å². The van der Waals surface area contributed by atoms with Crippen molar-refractivity contribution in [2.75, 3.05) is 26.3 Å². The maximum Gasteiger partial charge on any atom is 0.0623 e. The van der Waals surface area contributed by atoms with E-state index in [9.17, 15) is 0 Å². The lowest BCUT2D eigenvalue weighted by molar-refractivity contribution is 0.0520. The average Bonchev–Trinajstić information content (AvgIpc) is 3.36. The predicted octanol–water partition coefficient (Wildman–Crippen LogP) is 2.35. The fourth-order valence-corrected chi connectivity index (χ4v) is 4.50. The second-order valence-corrected chi connectivity index (χ2v) is 7.35. The number of hydrogen-bond donors (Lipinski definition) is 2. The van der Waals surface area contributed by atoms with Crippen molar-refractivity contribution in [1.82, 2.24) is 10.6 Å². The van der Waals surface area contributed by atoms with Crippen LogP contribution in [0.25, 0.3) is 0 Å². The molecule has 0 aromatic carbocycles. The molecular weight excluding hydrogens is 272 g/mol. The van der Waals surface area contributed by atoms with Gasteiger partial charge in [0.1, 0.15) is 0 Å². The third-order valence-corrected chi connectivity index (χ3v) is 6.09. The molecule has 0 amide bonds. The predicted molar refractivity (Wildman–Crippen MR) is 83.4 cm³/mol. The van der Waals surface area contributed by atoms with Crippen molar-refractivity contribution in [3.8, 4) is 0 Å². The number of hydrogen-bond acceptors (Lipinski definition) is 3. The Morgan fingerprint density at radius 3 is 2.65 bits per heavy atom. The Balaban J connectivity index is 0.00000121.